The molecule has 0 saturated carbocycles. The fraction of sp³-hybridized carbons (Fsp3) is 0.429. The van der Waals surface area contributed by atoms with Gasteiger partial charge < -0.3 is 19.5 Å². The van der Waals surface area contributed by atoms with Gasteiger partial charge in [0.1, 0.15) is 16.5 Å². The van der Waals surface area contributed by atoms with Crippen LogP contribution in [0.2, 0.25) is 0 Å². The number of hydrogen-bond donors (Lipinski definition) is 1. The molecule has 0 atom stereocenters. The van der Waals surface area contributed by atoms with Gasteiger partial charge in [-0.05, 0) is 31.5 Å². The van der Waals surface area contributed by atoms with Crippen molar-refractivity contribution in [1.82, 2.24) is 14.9 Å². The summed E-state index contributed by atoms with van der Waals surface area (Å²) in [6, 6.07) is 5.77. The second kappa shape index (κ2) is 8.52. The molecule has 0 spiro atoms. The van der Waals surface area contributed by atoms with Crippen molar-refractivity contribution in [3.8, 4) is 11.5 Å². The van der Waals surface area contributed by atoms with E-state index in [0.29, 0.717) is 11.5 Å². The minimum Gasteiger partial charge on any atom is -0.493 e. The average molecular weight is 415 g/mol. The van der Waals surface area contributed by atoms with Crippen molar-refractivity contribution in [2.45, 2.75) is 20.4 Å². The van der Waals surface area contributed by atoms with Gasteiger partial charge in [-0.15, -0.1) is 11.3 Å². The Hall–Kier alpha value is -2.42. The Morgan fingerprint density at radius 1 is 1.10 bits per heavy atom. The van der Waals surface area contributed by atoms with E-state index < -0.39 is 0 Å². The quantitative estimate of drug-likeness (QED) is 0.656. The van der Waals surface area contributed by atoms with Crippen molar-refractivity contribution in [2.75, 3.05) is 45.8 Å². The first-order valence-corrected chi connectivity index (χ1v) is 10.5. The number of thiophene rings is 1. The number of aromatic nitrogens is 2. The highest BCUT2D eigenvalue weighted by Gasteiger charge is 2.18. The Kier molecular flexibility index (Phi) is 5.84. The van der Waals surface area contributed by atoms with Gasteiger partial charge in [-0.1, -0.05) is 0 Å². The fourth-order valence-corrected chi connectivity index (χ4v) is 4.51. The number of nitrogens with one attached hydrogen (secondary N) is 1. The highest BCUT2D eigenvalue weighted by Crippen LogP contribution is 2.36. The summed E-state index contributed by atoms with van der Waals surface area (Å²) in [5.41, 5.74) is 2.11. The van der Waals surface area contributed by atoms with Crippen LogP contribution in [-0.2, 0) is 11.3 Å². The van der Waals surface area contributed by atoms with Crippen LogP contribution in [0.1, 0.15) is 16.3 Å². The lowest BCUT2D eigenvalue weighted by Crippen LogP contribution is -2.36. The normalized spacial score (nSPS) is 14.9. The smallest absolute Gasteiger partial charge is 0.162 e. The first kappa shape index (κ1) is 19.9. The molecule has 2 aromatic heterocycles. The molecule has 8 heteroatoms. The molecule has 0 unspecified atom stereocenters. The summed E-state index contributed by atoms with van der Waals surface area (Å²) >= 11 is 1.71. The third-order valence-electron chi connectivity index (χ3n) is 5.19. The molecule has 3 aromatic rings. The van der Waals surface area contributed by atoms with Crippen LogP contribution in [0.4, 0.5) is 11.5 Å². The Morgan fingerprint density at radius 2 is 1.86 bits per heavy atom. The first-order chi connectivity index (χ1) is 14.1. The number of fused-ring (bicyclic) bond motifs is 1. The molecule has 1 saturated heterocycles. The zero-order valence-corrected chi connectivity index (χ0v) is 18.1. The van der Waals surface area contributed by atoms with E-state index in [1.54, 1.807) is 25.6 Å². The summed E-state index contributed by atoms with van der Waals surface area (Å²) < 4.78 is 16.2. The number of hydrogen-bond acceptors (Lipinski definition) is 8. The van der Waals surface area contributed by atoms with Gasteiger partial charge in [0.15, 0.2) is 11.5 Å². The summed E-state index contributed by atoms with van der Waals surface area (Å²) in [5, 5.41) is 4.56. The molecule has 1 aliphatic rings. The number of nitrogens with zero attached hydrogens (tertiary/aromatic N) is 3. The highest BCUT2D eigenvalue weighted by atomic mass is 32.1. The molecule has 7 nitrogen and oxygen atoms in total. The van der Waals surface area contributed by atoms with Gasteiger partial charge >= 0.3 is 0 Å². The third kappa shape index (κ3) is 4.14. The number of ether oxygens (including phenoxy) is 3. The SMILES string of the molecule is COc1ccc(Nc2nc(CN3CCOCC3)nc3sc(C)c(C)c23)cc1OC. The van der Waals surface area contributed by atoms with Crippen LogP contribution in [0, 0.1) is 13.8 Å². The minimum absolute atomic E-state index is 0.676. The van der Waals surface area contributed by atoms with Crippen LogP contribution in [0.25, 0.3) is 10.2 Å². The van der Waals surface area contributed by atoms with E-state index >= 15 is 0 Å². The lowest BCUT2D eigenvalue weighted by atomic mass is 10.2. The third-order valence-corrected chi connectivity index (χ3v) is 6.29. The number of benzene rings is 1. The maximum Gasteiger partial charge on any atom is 0.162 e. The lowest BCUT2D eigenvalue weighted by molar-refractivity contribution is 0.0331. The largest absolute Gasteiger partial charge is 0.493 e. The van der Waals surface area contributed by atoms with Crippen LogP contribution in [-0.4, -0.2) is 55.4 Å². The van der Waals surface area contributed by atoms with Crippen LogP contribution < -0.4 is 14.8 Å². The van der Waals surface area contributed by atoms with Crippen molar-refractivity contribution in [2.24, 2.45) is 0 Å². The van der Waals surface area contributed by atoms with E-state index in [2.05, 4.69) is 24.1 Å². The number of methoxy groups -OCH3 is 2. The molecule has 1 aliphatic heterocycles. The molecule has 4 rings (SSSR count). The number of rotatable bonds is 6. The Morgan fingerprint density at radius 3 is 2.59 bits per heavy atom. The van der Waals surface area contributed by atoms with E-state index in [1.807, 2.05) is 18.2 Å². The number of anilines is 2. The fourth-order valence-electron chi connectivity index (χ4n) is 3.46. The number of morpholine rings is 1. The maximum absolute atomic E-state index is 5.46. The van der Waals surface area contributed by atoms with Crippen molar-refractivity contribution in [3.05, 3.63) is 34.5 Å². The molecular weight excluding hydrogens is 388 g/mol. The molecule has 1 N–H and O–H groups in total. The predicted molar refractivity (Wildman–Crippen MR) is 116 cm³/mol. The van der Waals surface area contributed by atoms with E-state index in [9.17, 15) is 0 Å². The topological polar surface area (TPSA) is 68.7 Å². The zero-order valence-electron chi connectivity index (χ0n) is 17.2. The van der Waals surface area contributed by atoms with Crippen molar-refractivity contribution >= 4 is 33.1 Å². The van der Waals surface area contributed by atoms with Crippen LogP contribution >= 0.6 is 11.3 Å². The predicted octanol–water partition coefficient (Wildman–Crippen LogP) is 3.90. The van der Waals surface area contributed by atoms with Crippen molar-refractivity contribution in [3.63, 3.8) is 0 Å². The van der Waals surface area contributed by atoms with E-state index in [4.69, 9.17) is 24.2 Å². The van der Waals surface area contributed by atoms with Gasteiger partial charge in [0.25, 0.3) is 0 Å². The van der Waals surface area contributed by atoms with Crippen LogP contribution in [0.3, 0.4) is 0 Å². The van der Waals surface area contributed by atoms with Crippen LogP contribution in [0.5, 0.6) is 11.5 Å². The molecule has 3 heterocycles. The minimum atomic E-state index is 0.676. The molecule has 29 heavy (non-hydrogen) atoms. The van der Waals surface area contributed by atoms with Gasteiger partial charge in [0.2, 0.25) is 0 Å². The molecule has 1 aromatic carbocycles. The summed E-state index contributed by atoms with van der Waals surface area (Å²) in [6.45, 7) is 8.30. The highest BCUT2D eigenvalue weighted by molar-refractivity contribution is 7.18. The zero-order chi connectivity index (χ0) is 20.4. The molecule has 154 valence electrons. The summed E-state index contributed by atoms with van der Waals surface area (Å²) in [7, 11) is 3.27. The molecule has 0 bridgehead atoms. The number of aryl methyl sites for hydroxylation is 2. The standard InChI is InChI=1S/C21H26N4O3S/c1-13-14(2)29-21-19(13)20(22-15-5-6-16(26-3)17(11-15)27-4)23-18(24-21)12-25-7-9-28-10-8-25/h5-6,11H,7-10,12H2,1-4H3,(H,22,23,24). The Labute approximate surface area is 174 Å². The first-order valence-electron chi connectivity index (χ1n) is 9.65. The summed E-state index contributed by atoms with van der Waals surface area (Å²) in [6.07, 6.45) is 0. The van der Waals surface area contributed by atoms with E-state index in [0.717, 1.165) is 60.4 Å². The van der Waals surface area contributed by atoms with E-state index in [1.165, 1.54) is 10.4 Å². The second-order valence-corrected chi connectivity index (χ2v) is 8.24. The Balaban J connectivity index is 1.71. The van der Waals surface area contributed by atoms with Gasteiger partial charge in [-0.2, -0.15) is 0 Å². The lowest BCUT2D eigenvalue weighted by Gasteiger charge is -2.25. The average Bonchev–Trinajstić information content (AvgIpc) is 3.02. The Bertz CT molecular complexity index is 1010. The van der Waals surface area contributed by atoms with Gasteiger partial charge in [-0.25, -0.2) is 9.97 Å². The molecule has 1 fully saturated rings. The monoisotopic (exact) mass is 414 g/mol. The van der Waals surface area contributed by atoms with Crippen LogP contribution in [0.15, 0.2) is 18.2 Å². The van der Waals surface area contributed by atoms with Crippen molar-refractivity contribution < 1.29 is 14.2 Å². The van der Waals surface area contributed by atoms with Gasteiger partial charge in [0, 0.05) is 29.7 Å². The maximum atomic E-state index is 5.46. The molecule has 0 amide bonds. The molecule has 0 radical (unpaired) electrons. The van der Waals surface area contributed by atoms with Gasteiger partial charge in [-0.3, -0.25) is 4.90 Å². The van der Waals surface area contributed by atoms with Gasteiger partial charge in [0.05, 0.1) is 39.4 Å². The van der Waals surface area contributed by atoms with E-state index in [-0.39, 0.29) is 0 Å². The molecular formula is C21H26N4O3S. The second-order valence-electron chi connectivity index (χ2n) is 7.04. The molecule has 0 aliphatic carbocycles. The summed E-state index contributed by atoms with van der Waals surface area (Å²) in [4.78, 5) is 14.4. The van der Waals surface area contributed by atoms with Crippen molar-refractivity contribution in [1.29, 1.82) is 0 Å². The summed E-state index contributed by atoms with van der Waals surface area (Å²) in [5.74, 6) is 3.02.